The Morgan fingerprint density at radius 2 is 1.41 bits per heavy atom. The van der Waals surface area contributed by atoms with Gasteiger partial charge in [-0.3, -0.25) is 0 Å². The predicted octanol–water partition coefficient (Wildman–Crippen LogP) is 6.50. The first-order chi connectivity index (χ1) is 13.2. The molecule has 4 heteroatoms. The van der Waals surface area contributed by atoms with Crippen LogP contribution in [0.25, 0.3) is 0 Å². The molecule has 0 amide bonds. The SMILES string of the molecule is COc1ccc(O/C=C(\C)C(=Nc2ccccc2)Sc2ccccc2)cc1. The molecule has 3 aromatic rings. The normalized spacial score (nSPS) is 11.9. The molecule has 0 bridgehead atoms. The van der Waals surface area contributed by atoms with E-state index in [1.807, 2.05) is 79.7 Å². The molecular formula is C23H21NO2S. The van der Waals surface area contributed by atoms with E-state index < -0.39 is 0 Å². The van der Waals surface area contributed by atoms with Crippen LogP contribution in [0.1, 0.15) is 6.92 Å². The van der Waals surface area contributed by atoms with Crippen LogP contribution >= 0.6 is 11.8 Å². The first-order valence-electron chi connectivity index (χ1n) is 8.59. The fraction of sp³-hybridized carbons (Fsp3) is 0.0870. The number of thioether (sulfide) groups is 1. The van der Waals surface area contributed by atoms with E-state index >= 15 is 0 Å². The van der Waals surface area contributed by atoms with E-state index in [1.54, 1.807) is 25.1 Å². The zero-order valence-corrected chi connectivity index (χ0v) is 16.1. The summed E-state index contributed by atoms with van der Waals surface area (Å²) in [5, 5.41) is 0.890. The van der Waals surface area contributed by atoms with E-state index in [0.717, 1.165) is 32.7 Å². The molecule has 0 aliphatic heterocycles. The van der Waals surface area contributed by atoms with Gasteiger partial charge in [0, 0.05) is 10.5 Å². The highest BCUT2D eigenvalue weighted by Gasteiger charge is 2.07. The number of aliphatic imine (C=N–C) groups is 1. The maximum Gasteiger partial charge on any atom is 0.126 e. The van der Waals surface area contributed by atoms with E-state index in [-0.39, 0.29) is 0 Å². The molecule has 0 fully saturated rings. The van der Waals surface area contributed by atoms with Crippen molar-refractivity contribution < 1.29 is 9.47 Å². The summed E-state index contributed by atoms with van der Waals surface area (Å²) in [6.07, 6.45) is 1.74. The lowest BCUT2D eigenvalue weighted by Crippen LogP contribution is -1.97. The standard InChI is InChI=1S/C23H21NO2S/c1-18(17-26-21-15-13-20(25-2)14-16-21)23(24-19-9-5-3-6-10-19)27-22-11-7-4-8-12-22/h3-17H,1-2H3/b18-17+,24-23?. The number of hydrogen-bond acceptors (Lipinski definition) is 4. The zero-order valence-electron chi connectivity index (χ0n) is 15.3. The third kappa shape index (κ3) is 5.76. The van der Waals surface area contributed by atoms with Gasteiger partial charge in [0.25, 0.3) is 0 Å². The number of para-hydroxylation sites is 1. The molecule has 0 aromatic heterocycles. The van der Waals surface area contributed by atoms with Crippen LogP contribution in [0.3, 0.4) is 0 Å². The lowest BCUT2D eigenvalue weighted by Gasteiger charge is -2.08. The number of benzene rings is 3. The Labute approximate surface area is 164 Å². The van der Waals surface area contributed by atoms with Crippen LogP contribution in [0, 0.1) is 0 Å². The second-order valence-corrected chi connectivity index (χ2v) is 6.82. The monoisotopic (exact) mass is 375 g/mol. The average molecular weight is 375 g/mol. The molecule has 0 spiro atoms. The van der Waals surface area contributed by atoms with E-state index in [2.05, 4.69) is 12.1 Å². The van der Waals surface area contributed by atoms with Crippen molar-refractivity contribution in [2.24, 2.45) is 4.99 Å². The predicted molar refractivity (Wildman–Crippen MR) is 113 cm³/mol. The fourth-order valence-electron chi connectivity index (χ4n) is 2.27. The van der Waals surface area contributed by atoms with E-state index in [1.165, 1.54) is 0 Å². The maximum absolute atomic E-state index is 5.81. The summed E-state index contributed by atoms with van der Waals surface area (Å²) in [6, 6.07) is 27.6. The van der Waals surface area contributed by atoms with Crippen LogP contribution in [0.4, 0.5) is 5.69 Å². The first-order valence-corrected chi connectivity index (χ1v) is 9.41. The van der Waals surface area contributed by atoms with E-state index in [4.69, 9.17) is 14.5 Å². The second kappa shape index (κ2) is 9.64. The van der Waals surface area contributed by atoms with Gasteiger partial charge in [-0.15, -0.1) is 0 Å². The smallest absolute Gasteiger partial charge is 0.126 e. The number of ether oxygens (including phenoxy) is 2. The van der Waals surface area contributed by atoms with Crippen molar-refractivity contribution >= 4 is 22.5 Å². The van der Waals surface area contributed by atoms with Gasteiger partial charge in [0.1, 0.15) is 16.5 Å². The zero-order chi connectivity index (χ0) is 18.9. The van der Waals surface area contributed by atoms with Gasteiger partial charge in [0.15, 0.2) is 0 Å². The van der Waals surface area contributed by atoms with Crippen molar-refractivity contribution in [1.82, 2.24) is 0 Å². The molecule has 0 aliphatic carbocycles. The Kier molecular flexibility index (Phi) is 6.72. The topological polar surface area (TPSA) is 30.8 Å². The van der Waals surface area contributed by atoms with E-state index in [0.29, 0.717) is 0 Å². The highest BCUT2D eigenvalue weighted by Crippen LogP contribution is 2.27. The molecular weight excluding hydrogens is 354 g/mol. The minimum Gasteiger partial charge on any atom is -0.497 e. The van der Waals surface area contributed by atoms with Crippen molar-refractivity contribution in [3.05, 3.63) is 96.8 Å². The molecule has 0 aliphatic rings. The van der Waals surface area contributed by atoms with Crippen molar-refractivity contribution in [1.29, 1.82) is 0 Å². The summed E-state index contributed by atoms with van der Waals surface area (Å²) >= 11 is 1.61. The van der Waals surface area contributed by atoms with Gasteiger partial charge >= 0.3 is 0 Å². The van der Waals surface area contributed by atoms with Crippen LogP contribution in [-0.4, -0.2) is 12.2 Å². The second-order valence-electron chi connectivity index (χ2n) is 5.76. The quantitative estimate of drug-likeness (QED) is 0.213. The minimum absolute atomic E-state index is 0.749. The van der Waals surface area contributed by atoms with Gasteiger partial charge < -0.3 is 9.47 Å². The van der Waals surface area contributed by atoms with Crippen molar-refractivity contribution in [3.8, 4) is 11.5 Å². The number of nitrogens with zero attached hydrogens (tertiary/aromatic N) is 1. The van der Waals surface area contributed by atoms with Crippen LogP contribution in [0.15, 0.2) is 107 Å². The van der Waals surface area contributed by atoms with Gasteiger partial charge in [0.2, 0.25) is 0 Å². The van der Waals surface area contributed by atoms with Gasteiger partial charge in [-0.25, -0.2) is 4.99 Å². The number of rotatable bonds is 6. The van der Waals surface area contributed by atoms with Gasteiger partial charge in [-0.1, -0.05) is 48.2 Å². The van der Waals surface area contributed by atoms with E-state index in [9.17, 15) is 0 Å². The van der Waals surface area contributed by atoms with Crippen LogP contribution in [0.2, 0.25) is 0 Å². The fourth-order valence-corrected chi connectivity index (χ4v) is 3.15. The molecule has 0 unspecified atom stereocenters. The Hall–Kier alpha value is -2.98. The molecule has 0 N–H and O–H groups in total. The number of hydrogen-bond donors (Lipinski definition) is 0. The molecule has 0 atom stereocenters. The highest BCUT2D eigenvalue weighted by molar-refractivity contribution is 8.14. The van der Waals surface area contributed by atoms with Gasteiger partial charge in [-0.2, -0.15) is 0 Å². The maximum atomic E-state index is 5.81. The highest BCUT2D eigenvalue weighted by atomic mass is 32.2. The van der Waals surface area contributed by atoms with Gasteiger partial charge in [-0.05, 0) is 55.5 Å². The summed E-state index contributed by atoms with van der Waals surface area (Å²) in [5.74, 6) is 1.55. The molecule has 3 rings (SSSR count). The first kappa shape index (κ1) is 18.8. The Balaban J connectivity index is 1.82. The largest absolute Gasteiger partial charge is 0.497 e. The van der Waals surface area contributed by atoms with Crippen LogP contribution < -0.4 is 9.47 Å². The molecule has 0 heterocycles. The molecule has 3 nitrogen and oxygen atoms in total. The molecule has 0 saturated heterocycles. The summed E-state index contributed by atoms with van der Waals surface area (Å²) < 4.78 is 11.0. The molecule has 27 heavy (non-hydrogen) atoms. The summed E-state index contributed by atoms with van der Waals surface area (Å²) in [7, 11) is 1.65. The average Bonchev–Trinajstić information content (AvgIpc) is 2.73. The lowest BCUT2D eigenvalue weighted by atomic mass is 10.3. The van der Waals surface area contributed by atoms with Gasteiger partial charge in [0.05, 0.1) is 19.1 Å². The van der Waals surface area contributed by atoms with Crippen molar-refractivity contribution in [2.45, 2.75) is 11.8 Å². The molecule has 136 valence electrons. The minimum atomic E-state index is 0.749. The lowest BCUT2D eigenvalue weighted by molar-refractivity contribution is 0.412. The third-order valence-electron chi connectivity index (χ3n) is 3.71. The van der Waals surface area contributed by atoms with Crippen molar-refractivity contribution in [2.75, 3.05) is 7.11 Å². The molecule has 3 aromatic carbocycles. The summed E-state index contributed by atoms with van der Waals surface area (Å²) in [5.41, 5.74) is 1.86. The molecule has 0 saturated carbocycles. The summed E-state index contributed by atoms with van der Waals surface area (Å²) in [6.45, 7) is 2.00. The summed E-state index contributed by atoms with van der Waals surface area (Å²) in [4.78, 5) is 5.93. The Morgan fingerprint density at radius 3 is 2.04 bits per heavy atom. The van der Waals surface area contributed by atoms with Crippen LogP contribution in [-0.2, 0) is 0 Å². The Bertz CT molecular complexity index is 904. The third-order valence-corrected chi connectivity index (χ3v) is 4.83. The van der Waals surface area contributed by atoms with Crippen molar-refractivity contribution in [3.63, 3.8) is 0 Å². The number of methoxy groups -OCH3 is 1. The molecule has 0 radical (unpaired) electrons. The van der Waals surface area contributed by atoms with Crippen LogP contribution in [0.5, 0.6) is 11.5 Å². The Morgan fingerprint density at radius 1 is 0.815 bits per heavy atom.